The highest BCUT2D eigenvalue weighted by molar-refractivity contribution is 4.75. The third-order valence-electron chi connectivity index (χ3n) is 3.59. The maximum Gasteiger partial charge on any atom is 0.0104 e. The fraction of sp³-hybridized carbons (Fsp3) is 1.00. The van der Waals surface area contributed by atoms with Crippen LogP contribution >= 0.6 is 0 Å². The second kappa shape index (κ2) is 7.20. The summed E-state index contributed by atoms with van der Waals surface area (Å²) in [7, 11) is 2.27. The highest BCUT2D eigenvalue weighted by atomic mass is 15.2. The molecule has 1 heterocycles. The van der Waals surface area contributed by atoms with Crippen LogP contribution in [-0.2, 0) is 0 Å². The molecule has 1 saturated heterocycles. The number of hydrogen-bond donors (Lipinski definition) is 1. The predicted molar refractivity (Wildman–Crippen MR) is 66.1 cm³/mol. The molecule has 0 radical (unpaired) electrons. The molecule has 1 aliphatic rings. The quantitative estimate of drug-likeness (QED) is 0.718. The molecule has 0 amide bonds. The lowest BCUT2D eigenvalue weighted by Crippen LogP contribution is -2.39. The smallest absolute Gasteiger partial charge is 0.0104 e. The number of hydrogen-bond acceptors (Lipinski definition) is 3. The topological polar surface area (TPSA) is 32.5 Å². The van der Waals surface area contributed by atoms with Gasteiger partial charge in [-0.25, -0.2) is 0 Å². The minimum atomic E-state index is 0.786. The summed E-state index contributed by atoms with van der Waals surface area (Å²) in [6.45, 7) is 7.69. The van der Waals surface area contributed by atoms with Crippen LogP contribution in [0.5, 0.6) is 0 Å². The molecule has 3 heteroatoms. The maximum absolute atomic E-state index is 5.59. The first-order valence-electron chi connectivity index (χ1n) is 6.40. The van der Waals surface area contributed by atoms with Crippen LogP contribution in [0.4, 0.5) is 0 Å². The van der Waals surface area contributed by atoms with Gasteiger partial charge in [0.1, 0.15) is 0 Å². The van der Waals surface area contributed by atoms with Gasteiger partial charge >= 0.3 is 0 Å². The van der Waals surface area contributed by atoms with Crippen molar-refractivity contribution >= 4 is 0 Å². The van der Waals surface area contributed by atoms with Crippen molar-refractivity contribution in [2.75, 3.05) is 39.8 Å². The van der Waals surface area contributed by atoms with Crippen LogP contribution in [0.2, 0.25) is 0 Å². The third kappa shape index (κ3) is 4.49. The SMILES string of the molecule is CCN(CCN)CCC1CCCCN1C. The van der Waals surface area contributed by atoms with Crippen LogP contribution < -0.4 is 5.73 Å². The van der Waals surface area contributed by atoms with Gasteiger partial charge in [-0.1, -0.05) is 13.3 Å². The Kier molecular flexibility index (Phi) is 6.22. The van der Waals surface area contributed by atoms with E-state index in [4.69, 9.17) is 5.73 Å². The summed E-state index contributed by atoms with van der Waals surface area (Å²) in [6.07, 6.45) is 5.49. The van der Waals surface area contributed by atoms with Gasteiger partial charge in [-0.3, -0.25) is 0 Å². The van der Waals surface area contributed by atoms with Crippen LogP contribution in [0.25, 0.3) is 0 Å². The molecule has 0 bridgehead atoms. The van der Waals surface area contributed by atoms with Gasteiger partial charge in [-0.05, 0) is 45.9 Å². The van der Waals surface area contributed by atoms with E-state index in [2.05, 4.69) is 23.8 Å². The fourth-order valence-electron chi connectivity index (χ4n) is 2.45. The van der Waals surface area contributed by atoms with E-state index in [1.807, 2.05) is 0 Å². The zero-order valence-electron chi connectivity index (χ0n) is 10.4. The zero-order chi connectivity index (χ0) is 11.1. The van der Waals surface area contributed by atoms with Gasteiger partial charge in [0.2, 0.25) is 0 Å². The number of likely N-dealkylation sites (N-methyl/N-ethyl adjacent to an activating group) is 1. The second-order valence-electron chi connectivity index (χ2n) is 4.64. The van der Waals surface area contributed by atoms with E-state index >= 15 is 0 Å². The molecule has 2 N–H and O–H groups in total. The van der Waals surface area contributed by atoms with Crippen molar-refractivity contribution in [2.45, 2.75) is 38.6 Å². The molecule has 90 valence electrons. The molecule has 0 aromatic rings. The maximum atomic E-state index is 5.59. The molecule has 1 unspecified atom stereocenters. The second-order valence-corrected chi connectivity index (χ2v) is 4.64. The Morgan fingerprint density at radius 2 is 2.13 bits per heavy atom. The molecule has 15 heavy (non-hydrogen) atoms. The van der Waals surface area contributed by atoms with Gasteiger partial charge in [0.25, 0.3) is 0 Å². The fourth-order valence-corrected chi connectivity index (χ4v) is 2.45. The van der Waals surface area contributed by atoms with Crippen LogP contribution in [0, 0.1) is 0 Å². The molecular formula is C12H27N3. The molecule has 0 spiro atoms. The summed E-state index contributed by atoms with van der Waals surface area (Å²) in [5, 5.41) is 0. The lowest BCUT2D eigenvalue weighted by molar-refractivity contribution is 0.156. The number of likely N-dealkylation sites (tertiary alicyclic amines) is 1. The Morgan fingerprint density at radius 3 is 2.73 bits per heavy atom. The van der Waals surface area contributed by atoms with Crippen molar-refractivity contribution in [3.05, 3.63) is 0 Å². The lowest BCUT2D eigenvalue weighted by atomic mass is 10.00. The summed E-state index contributed by atoms with van der Waals surface area (Å²) in [4.78, 5) is 4.99. The average Bonchev–Trinajstić information content (AvgIpc) is 2.26. The van der Waals surface area contributed by atoms with E-state index in [1.165, 1.54) is 38.8 Å². The molecule has 0 saturated carbocycles. The molecule has 1 fully saturated rings. The monoisotopic (exact) mass is 213 g/mol. The molecule has 0 aromatic heterocycles. The van der Waals surface area contributed by atoms with E-state index in [0.717, 1.165) is 25.7 Å². The molecule has 0 aromatic carbocycles. The Bertz CT molecular complexity index is 161. The van der Waals surface area contributed by atoms with E-state index < -0.39 is 0 Å². The van der Waals surface area contributed by atoms with Gasteiger partial charge in [-0.2, -0.15) is 0 Å². The third-order valence-corrected chi connectivity index (χ3v) is 3.59. The summed E-state index contributed by atoms with van der Waals surface area (Å²) >= 11 is 0. The molecular weight excluding hydrogens is 186 g/mol. The summed E-state index contributed by atoms with van der Waals surface area (Å²) in [5.74, 6) is 0. The molecule has 1 rings (SSSR count). The predicted octanol–water partition coefficient (Wildman–Crippen LogP) is 1.14. The Hall–Kier alpha value is -0.120. The normalized spacial score (nSPS) is 23.6. The van der Waals surface area contributed by atoms with Crippen molar-refractivity contribution in [2.24, 2.45) is 5.73 Å². The number of nitrogens with zero attached hydrogens (tertiary/aromatic N) is 2. The Balaban J connectivity index is 2.21. The van der Waals surface area contributed by atoms with E-state index in [9.17, 15) is 0 Å². The first-order valence-corrected chi connectivity index (χ1v) is 6.40. The molecule has 0 aliphatic carbocycles. The van der Waals surface area contributed by atoms with Gasteiger partial charge in [0.05, 0.1) is 0 Å². The Morgan fingerprint density at radius 1 is 1.33 bits per heavy atom. The summed E-state index contributed by atoms with van der Waals surface area (Å²) in [6, 6.07) is 0.811. The average molecular weight is 213 g/mol. The Labute approximate surface area is 94.6 Å². The van der Waals surface area contributed by atoms with E-state index in [-0.39, 0.29) is 0 Å². The molecule has 1 aliphatic heterocycles. The van der Waals surface area contributed by atoms with Gasteiger partial charge in [-0.15, -0.1) is 0 Å². The first-order chi connectivity index (χ1) is 7.27. The van der Waals surface area contributed by atoms with Crippen LogP contribution in [0.15, 0.2) is 0 Å². The largest absolute Gasteiger partial charge is 0.329 e. The van der Waals surface area contributed by atoms with Crippen LogP contribution in [0.3, 0.4) is 0 Å². The zero-order valence-corrected chi connectivity index (χ0v) is 10.4. The minimum absolute atomic E-state index is 0.786. The van der Waals surface area contributed by atoms with Gasteiger partial charge < -0.3 is 15.5 Å². The van der Waals surface area contributed by atoms with Crippen molar-refractivity contribution in [3.63, 3.8) is 0 Å². The van der Waals surface area contributed by atoms with Crippen LogP contribution in [-0.4, -0.2) is 55.6 Å². The van der Waals surface area contributed by atoms with Crippen molar-refractivity contribution < 1.29 is 0 Å². The lowest BCUT2D eigenvalue weighted by Gasteiger charge is -2.34. The highest BCUT2D eigenvalue weighted by Crippen LogP contribution is 2.17. The van der Waals surface area contributed by atoms with E-state index in [1.54, 1.807) is 0 Å². The number of rotatable bonds is 6. The number of piperidine rings is 1. The standard InChI is InChI=1S/C12H27N3/c1-3-15(11-8-13)10-7-12-6-4-5-9-14(12)2/h12H,3-11,13H2,1-2H3. The first kappa shape index (κ1) is 12.9. The van der Waals surface area contributed by atoms with Gasteiger partial charge in [0.15, 0.2) is 0 Å². The minimum Gasteiger partial charge on any atom is -0.329 e. The number of nitrogens with two attached hydrogens (primary N) is 1. The highest BCUT2D eigenvalue weighted by Gasteiger charge is 2.18. The van der Waals surface area contributed by atoms with E-state index in [0.29, 0.717) is 0 Å². The van der Waals surface area contributed by atoms with Crippen molar-refractivity contribution in [1.29, 1.82) is 0 Å². The summed E-state index contributed by atoms with van der Waals surface area (Å²) < 4.78 is 0. The summed E-state index contributed by atoms with van der Waals surface area (Å²) in [5.41, 5.74) is 5.59. The van der Waals surface area contributed by atoms with Crippen molar-refractivity contribution in [1.82, 2.24) is 9.80 Å². The molecule has 3 nitrogen and oxygen atoms in total. The molecule has 1 atom stereocenters. The van der Waals surface area contributed by atoms with Gasteiger partial charge in [0, 0.05) is 19.1 Å². The van der Waals surface area contributed by atoms with Crippen LogP contribution in [0.1, 0.15) is 32.6 Å². The van der Waals surface area contributed by atoms with Crippen molar-refractivity contribution in [3.8, 4) is 0 Å².